The van der Waals surface area contributed by atoms with Gasteiger partial charge >= 0.3 is 12.1 Å². The van der Waals surface area contributed by atoms with E-state index in [1.807, 2.05) is 11.2 Å². The van der Waals surface area contributed by atoms with Crippen LogP contribution in [0.25, 0.3) is 0 Å². The van der Waals surface area contributed by atoms with Gasteiger partial charge in [-0.1, -0.05) is 24.3 Å². The van der Waals surface area contributed by atoms with Crippen LogP contribution >= 0.6 is 23.1 Å². The number of hydrogen-bond donors (Lipinski definition) is 2. The van der Waals surface area contributed by atoms with E-state index in [0.717, 1.165) is 64.5 Å². The maximum Gasteiger partial charge on any atom is 0.490 e. The van der Waals surface area contributed by atoms with Gasteiger partial charge in [0, 0.05) is 31.6 Å². The van der Waals surface area contributed by atoms with E-state index in [1.165, 1.54) is 16.9 Å². The second-order valence-electron chi connectivity index (χ2n) is 8.37. The summed E-state index contributed by atoms with van der Waals surface area (Å²) in [5.74, 6) is -1.95. The van der Waals surface area contributed by atoms with Crippen LogP contribution in [0.4, 0.5) is 13.2 Å². The summed E-state index contributed by atoms with van der Waals surface area (Å²) in [4.78, 5) is 37.3. The maximum absolute atomic E-state index is 13.3. The number of thiophene rings is 1. The molecule has 1 aliphatic carbocycles. The number of amides is 1. The fraction of sp³-hybridized carbons (Fsp3) is 0.458. The predicted molar refractivity (Wildman–Crippen MR) is 129 cm³/mol. The molecule has 2 aromatic rings. The van der Waals surface area contributed by atoms with Gasteiger partial charge in [-0.25, -0.2) is 4.79 Å². The topological polar surface area (TPSA) is 101 Å². The number of thioether (sulfide) groups is 1. The first-order valence-electron chi connectivity index (χ1n) is 11.2. The Bertz CT molecular complexity index is 1090. The Morgan fingerprint density at radius 3 is 2.46 bits per heavy atom. The minimum Gasteiger partial charge on any atom is -0.475 e. The second-order valence-corrected chi connectivity index (χ2v) is 10.5. The van der Waals surface area contributed by atoms with Gasteiger partial charge in [0.25, 0.3) is 5.91 Å². The molecule has 35 heavy (non-hydrogen) atoms. The van der Waals surface area contributed by atoms with E-state index in [9.17, 15) is 22.8 Å². The molecule has 1 aromatic heterocycles. The number of carbonyl (C=O) groups excluding carboxylic acids is 2. The molecule has 190 valence electrons. The Morgan fingerprint density at radius 1 is 1.23 bits per heavy atom. The van der Waals surface area contributed by atoms with E-state index in [2.05, 4.69) is 24.3 Å². The average Bonchev–Trinajstić information content (AvgIpc) is 3.23. The number of rotatable bonds is 4. The molecule has 0 atom stereocenters. The summed E-state index contributed by atoms with van der Waals surface area (Å²) in [5, 5.41) is 7.12. The number of fused-ring (bicyclic) bond motifs is 1. The van der Waals surface area contributed by atoms with Crippen molar-refractivity contribution in [3.05, 3.63) is 51.4 Å². The van der Waals surface area contributed by atoms with Crippen molar-refractivity contribution in [2.45, 2.75) is 55.0 Å². The van der Waals surface area contributed by atoms with Crippen LogP contribution < -0.4 is 5.73 Å². The maximum atomic E-state index is 13.3. The number of nitrogens with two attached hydrogens (primary N) is 1. The Balaban J connectivity index is 0.000000429. The molecule has 0 radical (unpaired) electrons. The van der Waals surface area contributed by atoms with Crippen LogP contribution in [0.1, 0.15) is 68.3 Å². The first-order valence-corrected chi connectivity index (χ1v) is 13.2. The van der Waals surface area contributed by atoms with Gasteiger partial charge in [0.1, 0.15) is 0 Å². The van der Waals surface area contributed by atoms with Crippen molar-refractivity contribution in [1.82, 2.24) is 4.90 Å². The molecule has 0 bridgehead atoms. The van der Waals surface area contributed by atoms with E-state index in [1.54, 1.807) is 11.8 Å². The molecule has 1 aromatic carbocycles. The highest BCUT2D eigenvalue weighted by atomic mass is 32.2. The smallest absolute Gasteiger partial charge is 0.475 e. The van der Waals surface area contributed by atoms with E-state index >= 15 is 0 Å². The summed E-state index contributed by atoms with van der Waals surface area (Å²) in [6.45, 7) is 2.10. The number of alkyl halides is 3. The van der Waals surface area contributed by atoms with E-state index in [0.29, 0.717) is 18.9 Å². The SMILES string of the molecule is CSc1sc(C(=O)N2CCC(c3cccc(CN)c3)CC2)c2c1C(=O)CCC2.O=C(O)C(F)(F)F. The normalized spacial score (nSPS) is 16.4. The van der Waals surface area contributed by atoms with Crippen molar-refractivity contribution in [3.63, 3.8) is 0 Å². The van der Waals surface area contributed by atoms with E-state index < -0.39 is 12.1 Å². The number of piperidine rings is 1. The van der Waals surface area contributed by atoms with Crippen molar-refractivity contribution in [2.24, 2.45) is 5.73 Å². The molecule has 11 heteroatoms. The summed E-state index contributed by atoms with van der Waals surface area (Å²) in [7, 11) is 0. The zero-order chi connectivity index (χ0) is 25.8. The Labute approximate surface area is 209 Å². The minimum absolute atomic E-state index is 0.116. The number of benzene rings is 1. The Morgan fingerprint density at radius 2 is 1.89 bits per heavy atom. The molecule has 1 fully saturated rings. The molecule has 1 saturated heterocycles. The molecular weight excluding hydrogens is 501 g/mol. The first kappa shape index (κ1) is 27.2. The highest BCUT2D eigenvalue weighted by Crippen LogP contribution is 2.40. The van der Waals surface area contributed by atoms with Gasteiger partial charge in [-0.3, -0.25) is 9.59 Å². The lowest BCUT2D eigenvalue weighted by Crippen LogP contribution is -2.38. The molecule has 2 aliphatic rings. The lowest BCUT2D eigenvalue weighted by Gasteiger charge is -2.32. The second kappa shape index (κ2) is 11.6. The fourth-order valence-electron chi connectivity index (χ4n) is 4.36. The van der Waals surface area contributed by atoms with Crippen LogP contribution in [-0.4, -0.2) is 53.2 Å². The quantitative estimate of drug-likeness (QED) is 0.536. The van der Waals surface area contributed by atoms with Gasteiger partial charge in [-0.15, -0.1) is 23.1 Å². The van der Waals surface area contributed by atoms with Gasteiger partial charge < -0.3 is 15.7 Å². The molecule has 4 rings (SSSR count). The number of carboxylic acid groups (broad SMARTS) is 1. The third-order valence-corrected chi connectivity index (χ3v) is 8.49. The van der Waals surface area contributed by atoms with Crippen molar-refractivity contribution in [2.75, 3.05) is 19.3 Å². The third-order valence-electron chi connectivity index (χ3n) is 6.15. The lowest BCUT2D eigenvalue weighted by atomic mass is 9.88. The molecule has 2 heterocycles. The van der Waals surface area contributed by atoms with Crippen LogP contribution in [0.15, 0.2) is 28.5 Å². The third kappa shape index (κ3) is 6.45. The summed E-state index contributed by atoms with van der Waals surface area (Å²) in [6, 6.07) is 8.52. The average molecular weight is 529 g/mol. The van der Waals surface area contributed by atoms with Crippen molar-refractivity contribution in [1.29, 1.82) is 0 Å². The van der Waals surface area contributed by atoms with E-state index in [4.69, 9.17) is 15.6 Å². The molecule has 0 spiro atoms. The molecule has 1 aliphatic heterocycles. The molecule has 6 nitrogen and oxygen atoms in total. The Kier molecular flexibility index (Phi) is 9.00. The van der Waals surface area contributed by atoms with Crippen LogP contribution in [0.3, 0.4) is 0 Å². The van der Waals surface area contributed by atoms with Crippen LogP contribution in [0, 0.1) is 0 Å². The van der Waals surface area contributed by atoms with Gasteiger partial charge in [0.05, 0.1) is 9.09 Å². The largest absolute Gasteiger partial charge is 0.490 e. The molecular formula is C24H27F3N2O4S2. The number of carbonyl (C=O) groups is 3. The van der Waals surface area contributed by atoms with Gasteiger partial charge in [0.15, 0.2) is 5.78 Å². The van der Waals surface area contributed by atoms with Crippen molar-refractivity contribution in [3.8, 4) is 0 Å². The van der Waals surface area contributed by atoms with Crippen LogP contribution in [0.2, 0.25) is 0 Å². The van der Waals surface area contributed by atoms with E-state index in [-0.39, 0.29) is 11.7 Å². The minimum atomic E-state index is -5.08. The first-order chi connectivity index (χ1) is 16.6. The van der Waals surface area contributed by atoms with Crippen molar-refractivity contribution >= 4 is 40.8 Å². The number of Topliss-reactive ketones (excluding diaryl/α,β-unsaturated/α-hetero) is 1. The number of halogens is 3. The monoisotopic (exact) mass is 528 g/mol. The summed E-state index contributed by atoms with van der Waals surface area (Å²) in [5.41, 5.74) is 10.1. The number of hydrogen-bond acceptors (Lipinski definition) is 6. The van der Waals surface area contributed by atoms with Gasteiger partial charge in [0.2, 0.25) is 0 Å². The van der Waals surface area contributed by atoms with Crippen LogP contribution in [0.5, 0.6) is 0 Å². The standard InChI is InChI=1S/C22H26N2O2S2.C2HF3O2/c1-27-22-19-17(6-3-7-18(19)25)20(28-22)21(26)24-10-8-15(9-11-24)16-5-2-4-14(12-16)13-23;3-2(4,5)1(6)7/h2,4-5,12,15H,3,6-11,13,23H2,1H3;(H,6,7). The summed E-state index contributed by atoms with van der Waals surface area (Å²) < 4.78 is 32.7. The molecule has 0 unspecified atom stereocenters. The molecule has 0 saturated carbocycles. The molecule has 1 amide bonds. The zero-order valence-electron chi connectivity index (χ0n) is 19.2. The number of nitrogens with zero attached hydrogens (tertiary/aromatic N) is 1. The number of likely N-dealkylation sites (tertiary alicyclic amines) is 1. The van der Waals surface area contributed by atoms with Gasteiger partial charge in [-0.05, 0) is 54.5 Å². The summed E-state index contributed by atoms with van der Waals surface area (Å²) in [6.07, 6.45) is 1.17. The van der Waals surface area contributed by atoms with Gasteiger partial charge in [-0.2, -0.15) is 13.2 Å². The number of aliphatic carboxylic acids is 1. The zero-order valence-corrected chi connectivity index (χ0v) is 20.8. The van der Waals surface area contributed by atoms with Crippen LogP contribution in [-0.2, 0) is 17.8 Å². The molecule has 3 N–H and O–H groups in total. The highest BCUT2D eigenvalue weighted by molar-refractivity contribution is 8.00. The highest BCUT2D eigenvalue weighted by Gasteiger charge is 2.38. The number of ketones is 1. The fourth-order valence-corrected chi connectivity index (χ4v) is 6.46. The lowest BCUT2D eigenvalue weighted by molar-refractivity contribution is -0.192. The van der Waals surface area contributed by atoms with Crippen molar-refractivity contribution < 1.29 is 32.7 Å². The number of carboxylic acids is 1. The summed E-state index contributed by atoms with van der Waals surface area (Å²) >= 11 is 3.11. The predicted octanol–water partition coefficient (Wildman–Crippen LogP) is 5.10. The Hall–Kier alpha value is -2.37.